The molecule has 0 spiro atoms. The molecule has 0 saturated heterocycles. The number of aromatic nitrogens is 2. The van der Waals surface area contributed by atoms with Crippen molar-refractivity contribution in [2.75, 3.05) is 23.7 Å². The van der Waals surface area contributed by atoms with E-state index < -0.39 is 11.7 Å². The van der Waals surface area contributed by atoms with E-state index in [9.17, 15) is 19.6 Å². The van der Waals surface area contributed by atoms with Crippen molar-refractivity contribution in [3.8, 4) is 6.07 Å². The number of nitriles is 1. The van der Waals surface area contributed by atoms with E-state index in [1.54, 1.807) is 32.9 Å². The summed E-state index contributed by atoms with van der Waals surface area (Å²) in [5.41, 5.74) is 3.82. The van der Waals surface area contributed by atoms with E-state index in [0.717, 1.165) is 35.0 Å². The molecule has 0 aliphatic heterocycles. The van der Waals surface area contributed by atoms with Crippen molar-refractivity contribution in [3.63, 3.8) is 0 Å². The van der Waals surface area contributed by atoms with Crippen LogP contribution in [0.15, 0.2) is 42.7 Å². The number of carbonyl (C=O) groups excluding carboxylic acids is 3. The Bertz CT molecular complexity index is 1480. The number of hydrogen-bond donors (Lipinski definition) is 4. The summed E-state index contributed by atoms with van der Waals surface area (Å²) in [6, 6.07) is 13.5. The molecule has 41 heavy (non-hydrogen) atoms. The lowest BCUT2D eigenvalue weighted by atomic mass is 10.1. The van der Waals surface area contributed by atoms with E-state index in [2.05, 4.69) is 37.3 Å². The van der Waals surface area contributed by atoms with Gasteiger partial charge in [-0.3, -0.25) is 9.59 Å². The van der Waals surface area contributed by atoms with Gasteiger partial charge in [0.25, 0.3) is 0 Å². The normalized spacial score (nSPS) is 14.0. The molecule has 11 heteroatoms. The van der Waals surface area contributed by atoms with Crippen LogP contribution < -0.4 is 21.3 Å². The van der Waals surface area contributed by atoms with Crippen molar-refractivity contribution in [2.24, 2.45) is 0 Å². The van der Waals surface area contributed by atoms with E-state index in [1.165, 1.54) is 11.9 Å². The lowest BCUT2D eigenvalue weighted by Gasteiger charge is -2.19. The average Bonchev–Trinajstić information content (AvgIpc) is 3.31. The third-order valence-electron chi connectivity index (χ3n) is 6.45. The van der Waals surface area contributed by atoms with Gasteiger partial charge in [-0.25, -0.2) is 14.8 Å². The largest absolute Gasteiger partial charge is 0.444 e. The van der Waals surface area contributed by atoms with Crippen LogP contribution in [0.2, 0.25) is 0 Å². The number of rotatable bonds is 10. The molecule has 0 radical (unpaired) electrons. The van der Waals surface area contributed by atoms with Gasteiger partial charge in [-0.1, -0.05) is 6.07 Å². The van der Waals surface area contributed by atoms with Crippen LogP contribution in [-0.4, -0.2) is 52.6 Å². The van der Waals surface area contributed by atoms with Crippen molar-refractivity contribution in [1.82, 2.24) is 20.6 Å². The summed E-state index contributed by atoms with van der Waals surface area (Å²) in [6.45, 7) is 5.87. The molecule has 4 rings (SSSR count). The molecule has 1 aliphatic carbocycles. The number of hydrogen-bond acceptors (Lipinski definition) is 8. The van der Waals surface area contributed by atoms with Gasteiger partial charge in [-0.2, -0.15) is 5.26 Å². The number of anilines is 2. The first-order valence-electron chi connectivity index (χ1n) is 13.7. The predicted octanol–water partition coefficient (Wildman–Crippen LogP) is 3.83. The molecule has 3 aromatic rings. The minimum absolute atomic E-state index is 0.123. The molecule has 0 bridgehead atoms. The number of nitrogens with one attached hydrogen (secondary N) is 4. The van der Waals surface area contributed by atoms with Crippen LogP contribution in [-0.2, 0) is 27.2 Å². The minimum atomic E-state index is -0.577. The fourth-order valence-corrected chi connectivity index (χ4v) is 4.63. The quantitative estimate of drug-likeness (QED) is 0.274. The summed E-state index contributed by atoms with van der Waals surface area (Å²) in [5.74, 6) is 0.361. The van der Waals surface area contributed by atoms with Crippen LogP contribution in [0.1, 0.15) is 56.7 Å². The number of amides is 3. The Hall–Kier alpha value is -4.72. The number of ether oxygens (including phenoxy) is 1. The molecule has 214 valence electrons. The number of fused-ring (bicyclic) bond motifs is 2. The molecular weight excluding hydrogens is 522 g/mol. The Morgan fingerprint density at radius 1 is 0.976 bits per heavy atom. The summed E-state index contributed by atoms with van der Waals surface area (Å²) in [4.78, 5) is 44.8. The fraction of sp³-hybridized carbons (Fsp3) is 0.400. The topological polar surface area (TPSA) is 158 Å². The van der Waals surface area contributed by atoms with Crippen LogP contribution in [0.4, 0.5) is 16.3 Å². The highest BCUT2D eigenvalue weighted by atomic mass is 16.6. The Morgan fingerprint density at radius 3 is 2.51 bits per heavy atom. The Kier molecular flexibility index (Phi) is 9.34. The molecule has 2 aromatic carbocycles. The minimum Gasteiger partial charge on any atom is -0.444 e. The van der Waals surface area contributed by atoms with Crippen molar-refractivity contribution in [3.05, 3.63) is 59.4 Å². The second kappa shape index (κ2) is 13.1. The summed E-state index contributed by atoms with van der Waals surface area (Å²) in [6.07, 6.45) is 3.41. The average molecular weight is 558 g/mol. The number of benzene rings is 2. The maximum atomic E-state index is 12.5. The number of carbonyl (C=O) groups is 3. The molecule has 4 N–H and O–H groups in total. The van der Waals surface area contributed by atoms with Crippen molar-refractivity contribution in [2.45, 2.75) is 64.5 Å². The predicted molar refractivity (Wildman–Crippen MR) is 155 cm³/mol. The van der Waals surface area contributed by atoms with Crippen molar-refractivity contribution < 1.29 is 19.1 Å². The number of nitrogens with zero attached hydrogens (tertiary/aromatic N) is 3. The second-order valence-corrected chi connectivity index (χ2v) is 11.0. The van der Waals surface area contributed by atoms with Gasteiger partial charge in [0.15, 0.2) is 0 Å². The highest BCUT2D eigenvalue weighted by Crippen LogP contribution is 2.29. The second-order valence-electron chi connectivity index (χ2n) is 11.0. The van der Waals surface area contributed by atoms with Crippen LogP contribution in [0.5, 0.6) is 0 Å². The zero-order valence-electron chi connectivity index (χ0n) is 23.5. The van der Waals surface area contributed by atoms with E-state index in [1.807, 2.05) is 24.3 Å². The molecule has 0 fully saturated rings. The highest BCUT2D eigenvalue weighted by Gasteiger charge is 2.23. The third kappa shape index (κ3) is 8.63. The van der Waals surface area contributed by atoms with Crippen LogP contribution >= 0.6 is 0 Å². The SMILES string of the molecule is CC(C)(C)OC(=O)NCCNC(=O)CCCC(=O)Nc1ccc2c(c1)CC(Nc1ncnc3ccc(C#N)cc13)C2. The molecule has 1 unspecified atom stereocenters. The van der Waals surface area contributed by atoms with Gasteiger partial charge in [0.05, 0.1) is 17.1 Å². The van der Waals surface area contributed by atoms with Crippen LogP contribution in [0.25, 0.3) is 10.9 Å². The monoisotopic (exact) mass is 557 g/mol. The zero-order valence-corrected chi connectivity index (χ0v) is 23.5. The standard InChI is InChI=1S/C30H35N7O4/c1-30(2,3)41-29(40)33-12-11-32-26(38)5-4-6-27(39)36-22-9-8-20-14-23(16-21(20)15-22)37-28-24-13-19(17-31)7-10-25(24)34-18-35-28/h7-10,13,15,18,23H,4-6,11-12,14,16H2,1-3H3,(H,32,38)(H,33,40)(H,36,39)(H,34,35,37). The van der Waals surface area contributed by atoms with E-state index in [-0.39, 0.29) is 43.8 Å². The molecule has 1 aliphatic rings. The summed E-state index contributed by atoms with van der Waals surface area (Å²) in [5, 5.41) is 21.8. The molecule has 1 atom stereocenters. The first-order chi connectivity index (χ1) is 19.6. The lowest BCUT2D eigenvalue weighted by Crippen LogP contribution is -2.37. The summed E-state index contributed by atoms with van der Waals surface area (Å²) >= 11 is 0. The maximum Gasteiger partial charge on any atom is 0.407 e. The number of alkyl carbamates (subject to hydrolysis) is 1. The van der Waals surface area contributed by atoms with Gasteiger partial charge in [0, 0.05) is 43.0 Å². The van der Waals surface area contributed by atoms with Gasteiger partial charge >= 0.3 is 6.09 Å². The smallest absolute Gasteiger partial charge is 0.407 e. The first kappa shape index (κ1) is 29.3. The zero-order chi connectivity index (χ0) is 29.4. The van der Waals surface area contributed by atoms with E-state index in [4.69, 9.17) is 4.74 Å². The maximum absolute atomic E-state index is 12.5. The molecule has 0 saturated carbocycles. The van der Waals surface area contributed by atoms with Gasteiger partial charge < -0.3 is 26.0 Å². The fourth-order valence-electron chi connectivity index (χ4n) is 4.63. The Labute approximate surface area is 239 Å². The van der Waals surface area contributed by atoms with Gasteiger partial charge in [0.1, 0.15) is 17.7 Å². The van der Waals surface area contributed by atoms with Gasteiger partial charge in [0.2, 0.25) is 11.8 Å². The molecular formula is C30H35N7O4. The highest BCUT2D eigenvalue weighted by molar-refractivity contribution is 5.91. The van der Waals surface area contributed by atoms with Crippen LogP contribution in [0.3, 0.4) is 0 Å². The molecule has 1 heterocycles. The van der Waals surface area contributed by atoms with E-state index in [0.29, 0.717) is 17.8 Å². The third-order valence-corrected chi connectivity index (χ3v) is 6.45. The molecule has 1 aromatic heterocycles. The molecule has 3 amide bonds. The van der Waals surface area contributed by atoms with Crippen molar-refractivity contribution >= 4 is 40.3 Å². The summed E-state index contributed by atoms with van der Waals surface area (Å²) < 4.78 is 5.14. The first-order valence-corrected chi connectivity index (χ1v) is 13.7. The van der Waals surface area contributed by atoms with Gasteiger partial charge in [-0.05, 0) is 81.5 Å². The summed E-state index contributed by atoms with van der Waals surface area (Å²) in [7, 11) is 0. The van der Waals surface area contributed by atoms with Crippen LogP contribution in [0, 0.1) is 11.3 Å². The van der Waals surface area contributed by atoms with E-state index >= 15 is 0 Å². The molecule has 11 nitrogen and oxygen atoms in total. The Morgan fingerprint density at radius 2 is 1.73 bits per heavy atom. The Balaban J connectivity index is 1.19. The lowest BCUT2D eigenvalue weighted by molar-refractivity contribution is -0.121. The van der Waals surface area contributed by atoms with Crippen molar-refractivity contribution in [1.29, 1.82) is 5.26 Å². The van der Waals surface area contributed by atoms with Gasteiger partial charge in [-0.15, -0.1) is 0 Å².